The van der Waals surface area contributed by atoms with E-state index in [1.165, 1.54) is 25.0 Å². The Hall–Kier alpha value is -1.38. The Labute approximate surface area is 97.0 Å². The first-order chi connectivity index (χ1) is 7.77. The minimum Gasteiger partial charge on any atom is -0.261 e. The van der Waals surface area contributed by atoms with Crippen LogP contribution in [0.5, 0.6) is 0 Å². The normalized spacial score (nSPS) is 25.2. The quantitative estimate of drug-likeness (QED) is 0.772. The summed E-state index contributed by atoms with van der Waals surface area (Å²) >= 11 is 0. The summed E-state index contributed by atoms with van der Waals surface area (Å²) in [7, 11) is 0. The number of hydrogen-bond acceptors (Lipinski definition) is 3. The Balaban J connectivity index is 2.05. The van der Waals surface area contributed by atoms with Gasteiger partial charge in [0.1, 0.15) is 5.82 Å². The van der Waals surface area contributed by atoms with Crippen LogP contribution in [0.1, 0.15) is 33.1 Å². The lowest BCUT2D eigenvalue weighted by Gasteiger charge is -2.26. The van der Waals surface area contributed by atoms with Crippen LogP contribution in [-0.2, 0) is 0 Å². The molecule has 3 nitrogen and oxygen atoms in total. The summed E-state index contributed by atoms with van der Waals surface area (Å²) in [5.41, 5.74) is 4.34. The standard InChI is InChI=1S/C13H19N3/c1-10-6-5-7-11(2)13(10)16-15-12-8-3-4-9-14-12/h3-4,8-11H,5-7H2,1-2H3,(H,14,15)/t10-,11-/m0/s1. The van der Waals surface area contributed by atoms with Crippen LogP contribution >= 0.6 is 0 Å². The summed E-state index contributed by atoms with van der Waals surface area (Å²) in [6.45, 7) is 4.52. The largest absolute Gasteiger partial charge is 0.261 e. The maximum absolute atomic E-state index is 4.52. The van der Waals surface area contributed by atoms with Crippen LogP contribution in [0.3, 0.4) is 0 Å². The molecule has 1 aliphatic rings. The molecule has 1 aliphatic carbocycles. The molecule has 2 rings (SSSR count). The molecule has 1 heterocycles. The SMILES string of the molecule is C[C@H]1CCC[C@H](C)C1=NNc1ccccn1. The molecule has 0 aromatic carbocycles. The van der Waals surface area contributed by atoms with Crippen LogP contribution in [0, 0.1) is 11.8 Å². The van der Waals surface area contributed by atoms with Crippen molar-refractivity contribution in [3.05, 3.63) is 24.4 Å². The Morgan fingerprint density at radius 2 is 2.00 bits per heavy atom. The zero-order valence-corrected chi connectivity index (χ0v) is 9.98. The fraction of sp³-hybridized carbons (Fsp3) is 0.538. The highest BCUT2D eigenvalue weighted by atomic mass is 15.3. The Kier molecular flexibility index (Phi) is 3.54. The molecule has 2 atom stereocenters. The molecule has 0 unspecified atom stereocenters. The van der Waals surface area contributed by atoms with Crippen molar-refractivity contribution in [2.24, 2.45) is 16.9 Å². The maximum atomic E-state index is 4.52. The van der Waals surface area contributed by atoms with Crippen LogP contribution in [-0.4, -0.2) is 10.7 Å². The summed E-state index contributed by atoms with van der Waals surface area (Å²) in [5, 5.41) is 4.52. The lowest BCUT2D eigenvalue weighted by atomic mass is 9.81. The van der Waals surface area contributed by atoms with Crippen molar-refractivity contribution in [2.75, 3.05) is 5.43 Å². The van der Waals surface area contributed by atoms with Gasteiger partial charge in [0, 0.05) is 11.9 Å². The van der Waals surface area contributed by atoms with E-state index in [1.807, 2.05) is 18.2 Å². The molecule has 0 bridgehead atoms. The van der Waals surface area contributed by atoms with E-state index in [0.717, 1.165) is 5.82 Å². The van der Waals surface area contributed by atoms with Gasteiger partial charge in [0.15, 0.2) is 0 Å². The topological polar surface area (TPSA) is 37.3 Å². The highest BCUT2D eigenvalue weighted by Gasteiger charge is 2.22. The summed E-state index contributed by atoms with van der Waals surface area (Å²) in [4.78, 5) is 4.20. The molecule has 1 fully saturated rings. The Morgan fingerprint density at radius 1 is 1.25 bits per heavy atom. The highest BCUT2D eigenvalue weighted by molar-refractivity contribution is 5.89. The van der Waals surface area contributed by atoms with E-state index >= 15 is 0 Å². The highest BCUT2D eigenvalue weighted by Crippen LogP contribution is 2.26. The average Bonchev–Trinajstić information content (AvgIpc) is 2.30. The first-order valence-corrected chi connectivity index (χ1v) is 6.02. The number of aromatic nitrogens is 1. The number of hydrazone groups is 1. The minimum absolute atomic E-state index is 0.597. The molecule has 0 saturated heterocycles. The van der Waals surface area contributed by atoms with Crippen molar-refractivity contribution in [3.63, 3.8) is 0 Å². The van der Waals surface area contributed by atoms with Gasteiger partial charge in [-0.05, 0) is 36.8 Å². The number of nitrogens with zero attached hydrogens (tertiary/aromatic N) is 2. The third-order valence-electron chi connectivity index (χ3n) is 3.25. The van der Waals surface area contributed by atoms with Crippen LogP contribution in [0.4, 0.5) is 5.82 Å². The van der Waals surface area contributed by atoms with Crippen molar-refractivity contribution >= 4 is 11.5 Å². The number of nitrogens with one attached hydrogen (secondary N) is 1. The van der Waals surface area contributed by atoms with Gasteiger partial charge in [-0.2, -0.15) is 5.10 Å². The van der Waals surface area contributed by atoms with Crippen molar-refractivity contribution in [1.82, 2.24) is 4.98 Å². The van der Waals surface area contributed by atoms with Gasteiger partial charge in [0.25, 0.3) is 0 Å². The zero-order valence-electron chi connectivity index (χ0n) is 9.98. The number of rotatable bonds is 2. The summed E-state index contributed by atoms with van der Waals surface area (Å²) in [6.07, 6.45) is 5.61. The second-order valence-electron chi connectivity index (χ2n) is 4.60. The van der Waals surface area contributed by atoms with Crippen LogP contribution in [0.25, 0.3) is 0 Å². The molecule has 1 aromatic rings. The second kappa shape index (κ2) is 5.10. The predicted octanol–water partition coefficient (Wildman–Crippen LogP) is 3.31. The van der Waals surface area contributed by atoms with Crippen molar-refractivity contribution in [1.29, 1.82) is 0 Å². The van der Waals surface area contributed by atoms with E-state index in [4.69, 9.17) is 0 Å². The minimum atomic E-state index is 0.597. The van der Waals surface area contributed by atoms with Crippen molar-refractivity contribution in [3.8, 4) is 0 Å². The maximum Gasteiger partial charge on any atom is 0.146 e. The molecular weight excluding hydrogens is 198 g/mol. The molecule has 1 aromatic heterocycles. The van der Waals surface area contributed by atoms with Gasteiger partial charge in [-0.3, -0.25) is 5.43 Å². The molecule has 0 aliphatic heterocycles. The van der Waals surface area contributed by atoms with E-state index in [-0.39, 0.29) is 0 Å². The first-order valence-electron chi connectivity index (χ1n) is 6.02. The lowest BCUT2D eigenvalue weighted by Crippen LogP contribution is -2.25. The van der Waals surface area contributed by atoms with Gasteiger partial charge in [0.2, 0.25) is 0 Å². The Bertz CT molecular complexity index is 347. The fourth-order valence-corrected chi connectivity index (χ4v) is 2.28. The van der Waals surface area contributed by atoms with Crippen LogP contribution in [0.2, 0.25) is 0 Å². The monoisotopic (exact) mass is 217 g/mol. The smallest absolute Gasteiger partial charge is 0.146 e. The summed E-state index contributed by atoms with van der Waals surface area (Å²) in [6, 6.07) is 5.80. The zero-order chi connectivity index (χ0) is 11.4. The number of anilines is 1. The predicted molar refractivity (Wildman–Crippen MR) is 67.5 cm³/mol. The molecule has 0 spiro atoms. The van der Waals surface area contributed by atoms with Gasteiger partial charge in [-0.15, -0.1) is 0 Å². The molecule has 3 heteroatoms. The van der Waals surface area contributed by atoms with Gasteiger partial charge in [-0.1, -0.05) is 26.3 Å². The molecule has 0 radical (unpaired) electrons. The second-order valence-corrected chi connectivity index (χ2v) is 4.60. The number of hydrogen-bond donors (Lipinski definition) is 1. The van der Waals surface area contributed by atoms with Gasteiger partial charge < -0.3 is 0 Å². The Morgan fingerprint density at radius 3 is 2.62 bits per heavy atom. The average molecular weight is 217 g/mol. The molecule has 16 heavy (non-hydrogen) atoms. The van der Waals surface area contributed by atoms with E-state index in [1.54, 1.807) is 6.20 Å². The van der Waals surface area contributed by atoms with Crippen molar-refractivity contribution in [2.45, 2.75) is 33.1 Å². The van der Waals surface area contributed by atoms with Gasteiger partial charge >= 0.3 is 0 Å². The van der Waals surface area contributed by atoms with E-state index < -0.39 is 0 Å². The third kappa shape index (κ3) is 2.60. The molecule has 1 N–H and O–H groups in total. The first kappa shape index (κ1) is 11.1. The summed E-state index contributed by atoms with van der Waals surface area (Å²) in [5.74, 6) is 2.01. The van der Waals surface area contributed by atoms with E-state index in [0.29, 0.717) is 11.8 Å². The van der Waals surface area contributed by atoms with E-state index in [9.17, 15) is 0 Å². The van der Waals surface area contributed by atoms with Gasteiger partial charge in [0.05, 0.1) is 0 Å². The molecule has 86 valence electrons. The molecule has 0 amide bonds. The van der Waals surface area contributed by atoms with E-state index in [2.05, 4.69) is 29.4 Å². The molecule has 1 saturated carbocycles. The van der Waals surface area contributed by atoms with Crippen LogP contribution < -0.4 is 5.43 Å². The third-order valence-corrected chi connectivity index (χ3v) is 3.25. The lowest BCUT2D eigenvalue weighted by molar-refractivity contribution is 0.486. The van der Waals surface area contributed by atoms with Gasteiger partial charge in [-0.25, -0.2) is 4.98 Å². The van der Waals surface area contributed by atoms with Crippen LogP contribution in [0.15, 0.2) is 29.5 Å². The molecular formula is C13H19N3. The summed E-state index contributed by atoms with van der Waals surface area (Å²) < 4.78 is 0. The fourth-order valence-electron chi connectivity index (χ4n) is 2.28. The number of pyridine rings is 1. The van der Waals surface area contributed by atoms with Crippen molar-refractivity contribution < 1.29 is 0 Å².